The minimum atomic E-state index is -0.214. The first kappa shape index (κ1) is 19.0. The third kappa shape index (κ3) is 3.43. The van der Waals surface area contributed by atoms with Gasteiger partial charge in [-0.15, -0.1) is 0 Å². The van der Waals surface area contributed by atoms with Gasteiger partial charge in [-0.25, -0.2) is 0 Å². The summed E-state index contributed by atoms with van der Waals surface area (Å²) in [6, 6.07) is 7.04. The van der Waals surface area contributed by atoms with Gasteiger partial charge in [-0.3, -0.25) is 9.48 Å². The molecule has 2 aromatic heterocycles. The average molecular weight is 397 g/mol. The van der Waals surface area contributed by atoms with E-state index in [1.807, 2.05) is 18.2 Å². The molecule has 0 N–H and O–H groups in total. The van der Waals surface area contributed by atoms with E-state index >= 15 is 0 Å². The lowest BCUT2D eigenvalue weighted by Gasteiger charge is -2.21. The number of aromatic nitrogens is 4. The summed E-state index contributed by atoms with van der Waals surface area (Å²) in [5.74, 6) is 2.26. The number of likely N-dealkylation sites (tertiary alicyclic amines) is 1. The van der Waals surface area contributed by atoms with Crippen molar-refractivity contribution in [3.05, 3.63) is 41.7 Å². The summed E-state index contributed by atoms with van der Waals surface area (Å²) in [6.07, 6.45) is 1.67. The molecule has 0 saturated carbocycles. The zero-order valence-corrected chi connectivity index (χ0v) is 16.9. The van der Waals surface area contributed by atoms with Crippen molar-refractivity contribution in [2.24, 2.45) is 7.05 Å². The van der Waals surface area contributed by atoms with Crippen LogP contribution in [-0.2, 0) is 7.05 Å². The molecular formula is C20H23N5O4. The Morgan fingerprint density at radius 1 is 1.24 bits per heavy atom. The molecule has 4 rings (SSSR count). The monoisotopic (exact) mass is 397 g/mol. The highest BCUT2D eigenvalue weighted by atomic mass is 16.5. The van der Waals surface area contributed by atoms with Gasteiger partial charge >= 0.3 is 0 Å². The topological polar surface area (TPSA) is 95.5 Å². The van der Waals surface area contributed by atoms with Crippen molar-refractivity contribution >= 4 is 5.91 Å². The predicted octanol–water partition coefficient (Wildman–Crippen LogP) is 2.77. The summed E-state index contributed by atoms with van der Waals surface area (Å²) < 4.78 is 17.7. The number of methoxy groups -OCH3 is 2. The molecule has 0 bridgehead atoms. The summed E-state index contributed by atoms with van der Waals surface area (Å²) in [4.78, 5) is 19.4. The molecule has 1 saturated heterocycles. The van der Waals surface area contributed by atoms with Crippen molar-refractivity contribution in [3.63, 3.8) is 0 Å². The first-order chi connectivity index (χ1) is 14.0. The number of hydrogen-bond acceptors (Lipinski definition) is 7. The molecule has 0 spiro atoms. The Morgan fingerprint density at radius 3 is 2.76 bits per heavy atom. The standard InChI is InChI=1S/C20H23N5O4/c1-12-21-19(29-23-12)16-6-5-9-25(16)20(26)17-11-15(22-24(17)2)14-10-13(27-3)7-8-18(14)28-4/h7-8,10-11,16H,5-6,9H2,1-4H3. The number of carbonyl (C=O) groups excluding carboxylic acids is 1. The molecule has 1 aliphatic rings. The van der Waals surface area contributed by atoms with Crippen molar-refractivity contribution in [2.45, 2.75) is 25.8 Å². The zero-order chi connectivity index (χ0) is 20.5. The Kier molecular flexibility index (Phi) is 4.96. The van der Waals surface area contributed by atoms with Crippen LogP contribution in [0.25, 0.3) is 11.3 Å². The highest BCUT2D eigenvalue weighted by molar-refractivity contribution is 5.94. The molecule has 0 aliphatic carbocycles. The van der Waals surface area contributed by atoms with Crippen molar-refractivity contribution in [3.8, 4) is 22.8 Å². The molecule has 3 aromatic rings. The smallest absolute Gasteiger partial charge is 0.272 e. The van der Waals surface area contributed by atoms with Crippen LogP contribution >= 0.6 is 0 Å². The second-order valence-corrected chi connectivity index (χ2v) is 6.94. The van der Waals surface area contributed by atoms with Crippen molar-refractivity contribution in [2.75, 3.05) is 20.8 Å². The fraction of sp³-hybridized carbons (Fsp3) is 0.400. The molecule has 9 heteroatoms. The van der Waals surface area contributed by atoms with Crippen molar-refractivity contribution in [1.82, 2.24) is 24.8 Å². The van der Waals surface area contributed by atoms with Gasteiger partial charge in [0.25, 0.3) is 5.91 Å². The Bertz CT molecular complexity index is 1040. The van der Waals surface area contributed by atoms with Crippen LogP contribution in [0.1, 0.15) is 41.1 Å². The van der Waals surface area contributed by atoms with Gasteiger partial charge in [0.2, 0.25) is 5.89 Å². The molecule has 1 unspecified atom stereocenters. The molecule has 1 amide bonds. The molecule has 1 fully saturated rings. The van der Waals surface area contributed by atoms with Crippen LogP contribution in [0.2, 0.25) is 0 Å². The van der Waals surface area contributed by atoms with E-state index in [4.69, 9.17) is 14.0 Å². The number of nitrogens with zero attached hydrogens (tertiary/aromatic N) is 5. The summed E-state index contributed by atoms with van der Waals surface area (Å²) in [5.41, 5.74) is 1.87. The van der Waals surface area contributed by atoms with Crippen LogP contribution in [0.4, 0.5) is 0 Å². The van der Waals surface area contributed by atoms with E-state index in [9.17, 15) is 4.79 Å². The van der Waals surface area contributed by atoms with Crippen LogP contribution in [0.5, 0.6) is 11.5 Å². The molecule has 3 heterocycles. The Hall–Kier alpha value is -3.36. The number of benzene rings is 1. The van der Waals surface area contributed by atoms with Crippen LogP contribution in [0.15, 0.2) is 28.8 Å². The molecule has 0 radical (unpaired) electrons. The molecule has 1 aliphatic heterocycles. The SMILES string of the molecule is COc1ccc(OC)c(-c2cc(C(=O)N3CCCC3c3nc(C)no3)n(C)n2)c1. The number of amides is 1. The van der Waals surface area contributed by atoms with Gasteiger partial charge in [-0.05, 0) is 44.0 Å². The lowest BCUT2D eigenvalue weighted by molar-refractivity contribution is 0.0699. The molecule has 152 valence electrons. The van der Waals surface area contributed by atoms with Gasteiger partial charge < -0.3 is 18.9 Å². The van der Waals surface area contributed by atoms with Crippen LogP contribution < -0.4 is 9.47 Å². The Morgan fingerprint density at radius 2 is 2.07 bits per heavy atom. The second-order valence-electron chi connectivity index (χ2n) is 6.94. The van der Waals surface area contributed by atoms with Crippen molar-refractivity contribution in [1.29, 1.82) is 0 Å². The summed E-state index contributed by atoms with van der Waals surface area (Å²) in [7, 11) is 4.96. The van der Waals surface area contributed by atoms with Crippen LogP contribution in [-0.4, -0.2) is 51.5 Å². The third-order valence-corrected chi connectivity index (χ3v) is 5.12. The minimum absolute atomic E-state index is 0.119. The maximum Gasteiger partial charge on any atom is 0.272 e. The largest absolute Gasteiger partial charge is 0.497 e. The maximum atomic E-state index is 13.3. The molecule has 1 atom stereocenters. The highest BCUT2D eigenvalue weighted by Gasteiger charge is 2.35. The van der Waals surface area contributed by atoms with Crippen LogP contribution in [0.3, 0.4) is 0 Å². The quantitative estimate of drug-likeness (QED) is 0.653. The summed E-state index contributed by atoms with van der Waals surface area (Å²) in [6.45, 7) is 2.40. The fourth-order valence-corrected chi connectivity index (χ4v) is 3.68. The maximum absolute atomic E-state index is 13.3. The number of aryl methyl sites for hydroxylation is 2. The highest BCUT2D eigenvalue weighted by Crippen LogP contribution is 2.35. The van der Waals surface area contributed by atoms with E-state index in [2.05, 4.69) is 15.2 Å². The number of hydrogen-bond donors (Lipinski definition) is 0. The molecular weight excluding hydrogens is 374 g/mol. The minimum Gasteiger partial charge on any atom is -0.497 e. The van der Waals surface area contributed by atoms with E-state index in [0.717, 1.165) is 18.4 Å². The van der Waals surface area contributed by atoms with Gasteiger partial charge in [0, 0.05) is 19.2 Å². The lowest BCUT2D eigenvalue weighted by Crippen LogP contribution is -2.32. The molecule has 29 heavy (non-hydrogen) atoms. The first-order valence-electron chi connectivity index (χ1n) is 9.39. The van der Waals surface area contributed by atoms with Crippen LogP contribution in [0, 0.1) is 6.92 Å². The molecule has 1 aromatic carbocycles. The number of rotatable bonds is 5. The van der Waals surface area contributed by atoms with Gasteiger partial charge in [-0.1, -0.05) is 5.16 Å². The summed E-state index contributed by atoms with van der Waals surface area (Å²) in [5, 5.41) is 8.40. The number of carbonyl (C=O) groups is 1. The van der Waals surface area contributed by atoms with E-state index < -0.39 is 0 Å². The normalized spacial score (nSPS) is 16.3. The fourth-order valence-electron chi connectivity index (χ4n) is 3.68. The number of ether oxygens (including phenoxy) is 2. The van der Waals surface area contributed by atoms with E-state index in [0.29, 0.717) is 41.1 Å². The third-order valence-electron chi connectivity index (χ3n) is 5.12. The van der Waals surface area contributed by atoms with Gasteiger partial charge in [-0.2, -0.15) is 10.1 Å². The van der Waals surface area contributed by atoms with E-state index in [1.165, 1.54) is 0 Å². The van der Waals surface area contributed by atoms with E-state index in [1.54, 1.807) is 43.8 Å². The first-order valence-corrected chi connectivity index (χ1v) is 9.39. The van der Waals surface area contributed by atoms with Gasteiger partial charge in [0.1, 0.15) is 23.2 Å². The summed E-state index contributed by atoms with van der Waals surface area (Å²) >= 11 is 0. The van der Waals surface area contributed by atoms with Gasteiger partial charge in [0.15, 0.2) is 5.82 Å². The van der Waals surface area contributed by atoms with E-state index in [-0.39, 0.29) is 11.9 Å². The van der Waals surface area contributed by atoms with Gasteiger partial charge in [0.05, 0.1) is 19.9 Å². The molecule has 9 nitrogen and oxygen atoms in total. The Balaban J connectivity index is 1.67. The predicted molar refractivity (Wildman–Crippen MR) is 104 cm³/mol. The van der Waals surface area contributed by atoms with Crippen molar-refractivity contribution < 1.29 is 18.8 Å². The lowest BCUT2D eigenvalue weighted by atomic mass is 10.1. The second kappa shape index (κ2) is 7.57. The average Bonchev–Trinajstić information content (AvgIpc) is 3.46. The zero-order valence-electron chi connectivity index (χ0n) is 16.9. The Labute approximate surface area is 168 Å².